The number of nitrogens with two attached hydrogens (primary N) is 1. The fourth-order valence-electron chi connectivity index (χ4n) is 5.20. The van der Waals surface area contributed by atoms with Crippen molar-refractivity contribution in [2.75, 3.05) is 11.4 Å². The van der Waals surface area contributed by atoms with Crippen molar-refractivity contribution in [3.63, 3.8) is 0 Å². The quantitative estimate of drug-likeness (QED) is 0.438. The molecular formula is C26H29ClFN5O2. The van der Waals surface area contributed by atoms with E-state index in [0.29, 0.717) is 29.6 Å². The van der Waals surface area contributed by atoms with Crippen molar-refractivity contribution in [3.8, 4) is 0 Å². The molecule has 0 bridgehead atoms. The lowest BCUT2D eigenvalue weighted by Crippen LogP contribution is -2.45. The van der Waals surface area contributed by atoms with E-state index < -0.39 is 11.5 Å². The van der Waals surface area contributed by atoms with Crippen LogP contribution in [0.2, 0.25) is 5.02 Å². The van der Waals surface area contributed by atoms with E-state index in [0.717, 1.165) is 35.9 Å². The smallest absolute Gasteiger partial charge is 0.238 e. The molecule has 35 heavy (non-hydrogen) atoms. The van der Waals surface area contributed by atoms with Crippen molar-refractivity contribution in [1.82, 2.24) is 14.9 Å². The van der Waals surface area contributed by atoms with Crippen LogP contribution in [0.5, 0.6) is 0 Å². The number of halogens is 2. The van der Waals surface area contributed by atoms with Crippen LogP contribution < -0.4 is 16.0 Å². The molecule has 1 spiro atoms. The van der Waals surface area contributed by atoms with Crippen molar-refractivity contribution in [1.29, 1.82) is 0 Å². The predicted molar refractivity (Wildman–Crippen MR) is 134 cm³/mol. The van der Waals surface area contributed by atoms with Crippen LogP contribution in [0.3, 0.4) is 0 Å². The fraction of sp³-hybridized carbons (Fsp3) is 0.423. The highest BCUT2D eigenvalue weighted by molar-refractivity contribution is 6.31. The Hall–Kier alpha value is -2.97. The molecule has 1 aromatic heterocycles. The van der Waals surface area contributed by atoms with Crippen molar-refractivity contribution >= 4 is 40.1 Å². The first-order valence-corrected chi connectivity index (χ1v) is 12.4. The van der Waals surface area contributed by atoms with E-state index >= 15 is 0 Å². The van der Waals surface area contributed by atoms with Crippen molar-refractivity contribution in [2.45, 2.75) is 57.7 Å². The van der Waals surface area contributed by atoms with Gasteiger partial charge in [0.2, 0.25) is 11.8 Å². The number of anilines is 1. The predicted octanol–water partition coefficient (Wildman–Crippen LogP) is 3.90. The molecule has 1 atom stereocenters. The van der Waals surface area contributed by atoms with Crippen LogP contribution in [0.4, 0.5) is 10.1 Å². The third-order valence-electron chi connectivity index (χ3n) is 7.16. The summed E-state index contributed by atoms with van der Waals surface area (Å²) in [6.07, 6.45) is 2.30. The van der Waals surface area contributed by atoms with Gasteiger partial charge in [-0.3, -0.25) is 9.59 Å². The number of amides is 2. The van der Waals surface area contributed by atoms with Gasteiger partial charge in [0, 0.05) is 11.6 Å². The molecule has 5 rings (SSSR count). The minimum Gasteiger partial charge on any atom is -0.368 e. The van der Waals surface area contributed by atoms with Gasteiger partial charge in [-0.05, 0) is 67.6 Å². The second kappa shape index (κ2) is 8.91. The summed E-state index contributed by atoms with van der Waals surface area (Å²) in [7, 11) is 0. The summed E-state index contributed by atoms with van der Waals surface area (Å²) in [5, 5.41) is 3.82. The lowest BCUT2D eigenvalue weighted by atomic mass is 9.98. The highest BCUT2D eigenvalue weighted by Gasteiger charge is 2.59. The Morgan fingerprint density at radius 2 is 2.03 bits per heavy atom. The fourth-order valence-corrected chi connectivity index (χ4v) is 5.37. The number of aryl methyl sites for hydroxylation is 1. The van der Waals surface area contributed by atoms with Crippen LogP contribution in [0.15, 0.2) is 36.4 Å². The highest BCUT2D eigenvalue weighted by Crippen LogP contribution is 2.57. The largest absolute Gasteiger partial charge is 0.368 e. The van der Waals surface area contributed by atoms with Gasteiger partial charge < -0.3 is 20.5 Å². The zero-order valence-corrected chi connectivity index (χ0v) is 20.6. The third-order valence-corrected chi connectivity index (χ3v) is 7.39. The number of benzene rings is 2. The molecule has 7 nitrogen and oxygen atoms in total. The van der Waals surface area contributed by atoms with Crippen LogP contribution in [0.1, 0.15) is 44.5 Å². The molecule has 0 radical (unpaired) electrons. The summed E-state index contributed by atoms with van der Waals surface area (Å²) in [5.41, 5.74) is 8.20. The summed E-state index contributed by atoms with van der Waals surface area (Å²) in [6, 6.07) is 9.77. The second-order valence-electron chi connectivity index (χ2n) is 9.88. The first-order chi connectivity index (χ1) is 16.7. The first-order valence-electron chi connectivity index (χ1n) is 12.0. The Morgan fingerprint density at radius 1 is 1.26 bits per heavy atom. The van der Waals surface area contributed by atoms with Gasteiger partial charge >= 0.3 is 0 Å². The van der Waals surface area contributed by atoms with E-state index in [4.69, 9.17) is 22.3 Å². The standard InChI is InChI=1S/C26H29ClFN5O2/c1-15(2)23(24(29)34)30-10-3-11-32-20-7-4-16(27)12-19(20)31-22(32)14-33-21-13-17(28)5-6-18(21)26(8-9-26)25(33)35/h4-7,12-13,15,23,30H,3,8-11,14H2,1-2H3,(H2,29,34). The number of primary amides is 1. The van der Waals surface area contributed by atoms with E-state index in [9.17, 15) is 14.0 Å². The second-order valence-corrected chi connectivity index (χ2v) is 10.3. The molecule has 1 fully saturated rings. The molecule has 1 aliphatic heterocycles. The number of nitrogens with one attached hydrogen (secondary N) is 1. The molecule has 9 heteroatoms. The summed E-state index contributed by atoms with van der Waals surface area (Å²) >= 11 is 6.22. The molecule has 2 aliphatic rings. The monoisotopic (exact) mass is 497 g/mol. The minimum absolute atomic E-state index is 0.0117. The Morgan fingerprint density at radius 3 is 2.71 bits per heavy atom. The minimum atomic E-state index is -0.506. The topological polar surface area (TPSA) is 93.2 Å². The maximum Gasteiger partial charge on any atom is 0.238 e. The van der Waals surface area contributed by atoms with Gasteiger partial charge in [0.25, 0.3) is 0 Å². The number of nitrogens with zero attached hydrogens (tertiary/aromatic N) is 3. The van der Waals surface area contributed by atoms with Crippen LogP contribution in [0, 0.1) is 11.7 Å². The highest BCUT2D eigenvalue weighted by atomic mass is 35.5. The molecule has 184 valence electrons. The van der Waals surface area contributed by atoms with E-state index in [1.54, 1.807) is 17.0 Å². The molecule has 0 saturated heterocycles. The van der Waals surface area contributed by atoms with Gasteiger partial charge in [-0.15, -0.1) is 0 Å². The number of carbonyl (C=O) groups is 2. The van der Waals surface area contributed by atoms with E-state index in [-0.39, 0.29) is 30.1 Å². The summed E-state index contributed by atoms with van der Waals surface area (Å²) in [6.45, 7) is 5.36. The number of aromatic nitrogens is 2. The summed E-state index contributed by atoms with van der Waals surface area (Å²) in [4.78, 5) is 31.6. The van der Waals surface area contributed by atoms with Gasteiger partial charge in [-0.1, -0.05) is 31.5 Å². The number of rotatable bonds is 9. The Bertz CT molecular complexity index is 1320. The number of hydrogen-bond donors (Lipinski definition) is 2. The average molecular weight is 498 g/mol. The van der Waals surface area contributed by atoms with Gasteiger partial charge in [-0.2, -0.15) is 0 Å². The van der Waals surface area contributed by atoms with Crippen LogP contribution >= 0.6 is 11.6 Å². The SMILES string of the molecule is CC(C)C(NCCCn1c(CN2C(=O)C3(CC3)c3ccc(F)cc32)nc2cc(Cl)ccc21)C(N)=O. The number of imidazole rings is 1. The normalized spacial score (nSPS) is 16.9. The average Bonchev–Trinajstić information content (AvgIpc) is 3.49. The van der Waals surface area contributed by atoms with E-state index in [2.05, 4.69) is 9.88 Å². The molecule has 1 aliphatic carbocycles. The van der Waals surface area contributed by atoms with E-state index in [1.807, 2.05) is 26.0 Å². The molecule has 3 aromatic rings. The van der Waals surface area contributed by atoms with Gasteiger partial charge in [0.15, 0.2) is 0 Å². The number of carbonyl (C=O) groups excluding carboxylic acids is 2. The molecule has 3 N–H and O–H groups in total. The lowest BCUT2D eigenvalue weighted by molar-refractivity contribution is -0.121. The van der Waals surface area contributed by atoms with Gasteiger partial charge in [0.1, 0.15) is 11.6 Å². The Balaban J connectivity index is 1.42. The summed E-state index contributed by atoms with van der Waals surface area (Å²) in [5.74, 6) is 0.0859. The Kier molecular flexibility index (Phi) is 6.05. The maximum absolute atomic E-state index is 14.1. The van der Waals surface area contributed by atoms with Crippen molar-refractivity contribution in [3.05, 3.63) is 58.6 Å². The molecule has 2 aromatic carbocycles. The van der Waals surface area contributed by atoms with Crippen LogP contribution in [-0.2, 0) is 28.1 Å². The zero-order chi connectivity index (χ0) is 24.9. The van der Waals surface area contributed by atoms with Crippen molar-refractivity contribution in [2.24, 2.45) is 11.7 Å². The van der Waals surface area contributed by atoms with Gasteiger partial charge in [-0.25, -0.2) is 9.37 Å². The number of fused-ring (bicyclic) bond motifs is 3. The molecule has 2 amide bonds. The lowest BCUT2D eigenvalue weighted by Gasteiger charge is -2.20. The molecular weight excluding hydrogens is 469 g/mol. The molecule has 1 saturated carbocycles. The van der Waals surface area contributed by atoms with Crippen molar-refractivity contribution < 1.29 is 14.0 Å². The summed E-state index contributed by atoms with van der Waals surface area (Å²) < 4.78 is 16.2. The Labute approximate surface area is 208 Å². The zero-order valence-electron chi connectivity index (χ0n) is 19.9. The van der Waals surface area contributed by atoms with Gasteiger partial charge in [0.05, 0.1) is 34.7 Å². The van der Waals surface area contributed by atoms with E-state index in [1.165, 1.54) is 12.1 Å². The maximum atomic E-state index is 14.1. The van der Waals surface area contributed by atoms with Crippen LogP contribution in [0.25, 0.3) is 11.0 Å². The molecule has 1 unspecified atom stereocenters. The van der Waals surface area contributed by atoms with Crippen LogP contribution in [-0.4, -0.2) is 34.0 Å². The number of hydrogen-bond acceptors (Lipinski definition) is 4. The molecule has 2 heterocycles. The first kappa shape index (κ1) is 23.8. The third kappa shape index (κ3) is 4.19.